The lowest BCUT2D eigenvalue weighted by molar-refractivity contribution is 0.0977. The van der Waals surface area contributed by atoms with Crippen molar-refractivity contribution in [2.45, 2.75) is 40.2 Å². The fourth-order valence-corrected chi connectivity index (χ4v) is 3.12. The van der Waals surface area contributed by atoms with Crippen LogP contribution in [0.1, 0.15) is 44.5 Å². The van der Waals surface area contributed by atoms with Crippen molar-refractivity contribution in [1.29, 1.82) is 0 Å². The first kappa shape index (κ1) is 23.2. The van der Waals surface area contributed by atoms with Crippen LogP contribution in [0.2, 0.25) is 0 Å². The Morgan fingerprint density at radius 3 is 2.48 bits per heavy atom. The number of thiocarbonyl (C=S) groups is 1. The number of hydrogen-bond donors (Lipinski definition) is 2. The van der Waals surface area contributed by atoms with Crippen LogP contribution in [0.25, 0.3) is 0 Å². The zero-order chi connectivity index (χ0) is 21.4. The summed E-state index contributed by atoms with van der Waals surface area (Å²) in [5, 5.41) is 5.91. The Kier molecular flexibility index (Phi) is 8.92. The van der Waals surface area contributed by atoms with E-state index >= 15 is 0 Å². The second-order valence-electron chi connectivity index (χ2n) is 7.25. The molecule has 29 heavy (non-hydrogen) atoms. The van der Waals surface area contributed by atoms with Crippen LogP contribution in [0.4, 0.5) is 5.69 Å². The van der Waals surface area contributed by atoms with Gasteiger partial charge in [0, 0.05) is 5.56 Å². The second-order valence-corrected chi connectivity index (χ2v) is 8.51. The maximum absolute atomic E-state index is 12.5. The quantitative estimate of drug-likeness (QED) is 0.470. The molecule has 2 aromatic rings. The van der Waals surface area contributed by atoms with Crippen molar-refractivity contribution in [3.05, 3.63) is 52.5 Å². The lowest BCUT2D eigenvalue weighted by Crippen LogP contribution is -2.34. The average Bonchev–Trinajstić information content (AvgIpc) is 2.63. The third-order valence-corrected chi connectivity index (χ3v) is 4.70. The van der Waals surface area contributed by atoms with Gasteiger partial charge in [0.1, 0.15) is 11.5 Å². The molecule has 156 valence electrons. The molecule has 0 heterocycles. The highest BCUT2D eigenvalue weighted by molar-refractivity contribution is 9.10. The van der Waals surface area contributed by atoms with Crippen LogP contribution in [0.15, 0.2) is 46.9 Å². The van der Waals surface area contributed by atoms with Gasteiger partial charge in [-0.15, -0.1) is 0 Å². The van der Waals surface area contributed by atoms with E-state index in [4.69, 9.17) is 21.7 Å². The molecule has 0 bridgehead atoms. The van der Waals surface area contributed by atoms with Gasteiger partial charge >= 0.3 is 0 Å². The average molecular weight is 479 g/mol. The van der Waals surface area contributed by atoms with Crippen molar-refractivity contribution >= 4 is 44.9 Å². The molecule has 5 nitrogen and oxygen atoms in total. The third kappa shape index (κ3) is 7.66. The van der Waals surface area contributed by atoms with Crippen LogP contribution in [0, 0.1) is 5.92 Å². The molecule has 0 aliphatic rings. The summed E-state index contributed by atoms with van der Waals surface area (Å²) in [5.41, 5.74) is 1.17. The van der Waals surface area contributed by atoms with Crippen molar-refractivity contribution in [3.8, 4) is 11.5 Å². The number of ether oxygens (including phenoxy) is 2. The zero-order valence-electron chi connectivity index (χ0n) is 17.1. The van der Waals surface area contributed by atoms with Gasteiger partial charge in [-0.2, -0.15) is 0 Å². The number of para-hydroxylation sites is 2. The minimum Gasteiger partial charge on any atom is -0.492 e. The summed E-state index contributed by atoms with van der Waals surface area (Å²) in [6, 6.07) is 12.7. The van der Waals surface area contributed by atoms with Crippen molar-refractivity contribution in [3.63, 3.8) is 0 Å². The highest BCUT2D eigenvalue weighted by atomic mass is 79.9. The summed E-state index contributed by atoms with van der Waals surface area (Å²) < 4.78 is 12.2. The molecule has 0 unspecified atom stereocenters. The number of carbonyl (C=O) groups excluding carboxylic acids is 1. The lowest BCUT2D eigenvalue weighted by Gasteiger charge is -2.16. The monoisotopic (exact) mass is 478 g/mol. The van der Waals surface area contributed by atoms with Crippen molar-refractivity contribution < 1.29 is 14.3 Å². The fourth-order valence-electron chi connectivity index (χ4n) is 2.42. The van der Waals surface area contributed by atoms with E-state index in [0.29, 0.717) is 35.3 Å². The van der Waals surface area contributed by atoms with Crippen LogP contribution < -0.4 is 20.1 Å². The van der Waals surface area contributed by atoms with Crippen molar-refractivity contribution in [2.75, 3.05) is 11.9 Å². The number of anilines is 1. The zero-order valence-corrected chi connectivity index (χ0v) is 19.5. The smallest absolute Gasteiger partial charge is 0.257 e. The van der Waals surface area contributed by atoms with Gasteiger partial charge in [0.15, 0.2) is 5.11 Å². The van der Waals surface area contributed by atoms with Gasteiger partial charge < -0.3 is 14.8 Å². The molecule has 0 aliphatic carbocycles. The molecule has 7 heteroatoms. The minimum atomic E-state index is -0.306. The Morgan fingerprint density at radius 2 is 1.83 bits per heavy atom. The number of halogens is 1. The van der Waals surface area contributed by atoms with E-state index < -0.39 is 0 Å². The number of benzene rings is 2. The molecule has 0 aliphatic heterocycles. The van der Waals surface area contributed by atoms with E-state index in [0.717, 1.165) is 10.9 Å². The first-order valence-corrected chi connectivity index (χ1v) is 10.8. The number of hydrogen-bond acceptors (Lipinski definition) is 4. The molecule has 0 spiro atoms. The predicted molar refractivity (Wildman–Crippen MR) is 125 cm³/mol. The number of amides is 1. The maximum atomic E-state index is 12.5. The molecule has 0 aromatic heterocycles. The second kappa shape index (κ2) is 11.2. The Bertz CT molecular complexity index is 856. The highest BCUT2D eigenvalue weighted by Crippen LogP contribution is 2.27. The van der Waals surface area contributed by atoms with Gasteiger partial charge in [-0.1, -0.05) is 26.0 Å². The van der Waals surface area contributed by atoms with Gasteiger partial charge in [-0.25, -0.2) is 0 Å². The molecular formula is C22H27BrN2O3S. The number of nitrogens with one attached hydrogen (secondary N) is 2. The topological polar surface area (TPSA) is 59.6 Å². The molecule has 0 saturated heterocycles. The first-order chi connectivity index (χ1) is 13.8. The molecule has 1 amide bonds. The molecule has 0 fully saturated rings. The van der Waals surface area contributed by atoms with Gasteiger partial charge in [0.2, 0.25) is 0 Å². The number of carbonyl (C=O) groups is 1. The molecule has 2 rings (SSSR count). The Balaban J connectivity index is 1.98. The predicted octanol–water partition coefficient (Wildman–Crippen LogP) is 5.79. The molecular weight excluding hydrogens is 452 g/mol. The van der Waals surface area contributed by atoms with E-state index in [9.17, 15) is 4.79 Å². The van der Waals surface area contributed by atoms with Gasteiger partial charge in [-0.3, -0.25) is 10.1 Å². The molecule has 0 atom stereocenters. The van der Waals surface area contributed by atoms with Crippen molar-refractivity contribution in [1.82, 2.24) is 5.32 Å². The normalized spacial score (nSPS) is 10.7. The fraction of sp³-hybridized carbons (Fsp3) is 0.364. The van der Waals surface area contributed by atoms with E-state index in [-0.39, 0.29) is 17.1 Å². The van der Waals surface area contributed by atoms with Gasteiger partial charge in [0.05, 0.1) is 22.9 Å². The minimum absolute atomic E-state index is 0.0275. The van der Waals surface area contributed by atoms with Gasteiger partial charge in [0.25, 0.3) is 5.91 Å². The third-order valence-electron chi connectivity index (χ3n) is 3.87. The van der Waals surface area contributed by atoms with E-state index in [2.05, 4.69) is 40.4 Å². The lowest BCUT2D eigenvalue weighted by atomic mass is 10.1. The molecule has 0 saturated carbocycles. The summed E-state index contributed by atoms with van der Waals surface area (Å²) in [5.74, 6) is 1.65. The standard InChI is InChI=1S/C22H27BrN2O3S/c1-14(2)11-12-27-19-10-9-16(13-17(19)23)21(26)25-22(29)24-18-7-5-6-8-20(18)28-15(3)4/h5-10,13-15H,11-12H2,1-4H3,(H2,24,25,26,29). The van der Waals surface area contributed by atoms with Crippen LogP contribution in [0.3, 0.4) is 0 Å². The van der Waals surface area contributed by atoms with E-state index in [1.165, 1.54) is 0 Å². The summed E-state index contributed by atoms with van der Waals surface area (Å²) in [6.45, 7) is 8.83. The Hall–Kier alpha value is -2.12. The first-order valence-electron chi connectivity index (χ1n) is 9.56. The highest BCUT2D eigenvalue weighted by Gasteiger charge is 2.13. The van der Waals surface area contributed by atoms with E-state index in [1.807, 2.05) is 38.1 Å². The Morgan fingerprint density at radius 1 is 1.10 bits per heavy atom. The van der Waals surface area contributed by atoms with Crippen molar-refractivity contribution in [2.24, 2.45) is 5.92 Å². The SMILES string of the molecule is CC(C)CCOc1ccc(C(=O)NC(=S)Nc2ccccc2OC(C)C)cc1Br. The largest absolute Gasteiger partial charge is 0.492 e. The molecule has 0 radical (unpaired) electrons. The number of rotatable bonds is 8. The van der Waals surface area contributed by atoms with Crippen LogP contribution in [-0.4, -0.2) is 23.7 Å². The van der Waals surface area contributed by atoms with Crippen LogP contribution in [-0.2, 0) is 0 Å². The molecule has 2 N–H and O–H groups in total. The summed E-state index contributed by atoms with van der Waals surface area (Å²) >= 11 is 8.76. The summed E-state index contributed by atoms with van der Waals surface area (Å²) in [6.07, 6.45) is 0.996. The summed E-state index contributed by atoms with van der Waals surface area (Å²) in [4.78, 5) is 12.5. The maximum Gasteiger partial charge on any atom is 0.257 e. The van der Waals surface area contributed by atoms with Crippen LogP contribution in [0.5, 0.6) is 11.5 Å². The van der Waals surface area contributed by atoms with E-state index in [1.54, 1.807) is 18.2 Å². The Labute approximate surface area is 186 Å². The summed E-state index contributed by atoms with van der Waals surface area (Å²) in [7, 11) is 0. The molecule has 2 aromatic carbocycles. The van der Waals surface area contributed by atoms with Gasteiger partial charge in [-0.05, 0) is 84.7 Å². The van der Waals surface area contributed by atoms with Crippen LogP contribution >= 0.6 is 28.1 Å².